The minimum Gasteiger partial charge on any atom is -0.494 e. The maximum atomic E-state index is 11.7. The molecule has 1 heterocycles. The molecule has 0 unspecified atom stereocenters. The Morgan fingerprint density at radius 2 is 2.08 bits per heavy atom. The molecule has 1 aliphatic heterocycles. The zero-order chi connectivity index (χ0) is 8.84. The number of carbonyl (C=O) groups excluding carboxylic acids is 1. The number of rotatable bonds is 0. The van der Waals surface area contributed by atoms with Crippen molar-refractivity contribution in [1.29, 1.82) is 0 Å². The number of Topliss-reactive ketones (excluding diaryl/α,β-unsaturated/α-hetero) is 1. The molecule has 70 valence electrons. The van der Waals surface area contributed by atoms with Crippen LogP contribution in [-0.2, 0) is 9.53 Å². The maximum Gasteiger partial charge on any atom is 0.162 e. The van der Waals surface area contributed by atoms with Gasteiger partial charge in [-0.2, -0.15) is 0 Å². The molecule has 13 heavy (non-hydrogen) atoms. The molecular formula is C11H14O2. The van der Waals surface area contributed by atoms with Crippen LogP contribution in [0.4, 0.5) is 0 Å². The molecule has 0 amide bonds. The Hall–Kier alpha value is -0.790. The van der Waals surface area contributed by atoms with Crippen LogP contribution in [-0.4, -0.2) is 11.9 Å². The van der Waals surface area contributed by atoms with Gasteiger partial charge in [0.1, 0.15) is 11.9 Å². The van der Waals surface area contributed by atoms with Crippen LogP contribution in [0.5, 0.6) is 0 Å². The lowest BCUT2D eigenvalue weighted by atomic mass is 9.87. The van der Waals surface area contributed by atoms with Gasteiger partial charge in [-0.25, -0.2) is 0 Å². The Labute approximate surface area is 78.0 Å². The predicted octanol–water partition coefficient (Wildman–Crippen LogP) is 2.19. The molecule has 3 aliphatic rings. The van der Waals surface area contributed by atoms with Gasteiger partial charge >= 0.3 is 0 Å². The number of allylic oxidation sites excluding steroid dienone is 1. The van der Waals surface area contributed by atoms with Crippen LogP contribution < -0.4 is 0 Å². The quantitative estimate of drug-likeness (QED) is 0.568. The average Bonchev–Trinajstić information content (AvgIpc) is 2.62. The summed E-state index contributed by atoms with van der Waals surface area (Å²) in [5.41, 5.74) is 1.08. The lowest BCUT2D eigenvalue weighted by Crippen LogP contribution is -2.16. The minimum absolute atomic E-state index is 0.368. The second-order valence-electron chi connectivity index (χ2n) is 4.31. The fourth-order valence-corrected chi connectivity index (χ4v) is 2.95. The summed E-state index contributed by atoms with van der Waals surface area (Å²) in [7, 11) is 0. The number of ether oxygens (including phenoxy) is 1. The Morgan fingerprint density at radius 3 is 3.00 bits per heavy atom. The first-order chi connectivity index (χ1) is 6.36. The van der Waals surface area contributed by atoms with Crippen molar-refractivity contribution in [3.8, 4) is 0 Å². The van der Waals surface area contributed by atoms with Gasteiger partial charge in [0, 0.05) is 24.3 Å². The van der Waals surface area contributed by atoms with Gasteiger partial charge in [-0.15, -0.1) is 0 Å². The summed E-state index contributed by atoms with van der Waals surface area (Å²) in [6.07, 6.45) is 6.70. The number of hydrogen-bond acceptors (Lipinski definition) is 2. The van der Waals surface area contributed by atoms with E-state index in [-0.39, 0.29) is 0 Å². The van der Waals surface area contributed by atoms with Crippen molar-refractivity contribution < 1.29 is 9.53 Å². The van der Waals surface area contributed by atoms with E-state index in [1.54, 1.807) is 0 Å². The van der Waals surface area contributed by atoms with Crippen molar-refractivity contribution in [2.75, 3.05) is 0 Å². The monoisotopic (exact) mass is 178 g/mol. The molecule has 3 rings (SSSR count). The average molecular weight is 178 g/mol. The van der Waals surface area contributed by atoms with Crippen LogP contribution in [0.3, 0.4) is 0 Å². The van der Waals surface area contributed by atoms with E-state index in [9.17, 15) is 4.79 Å². The minimum atomic E-state index is 0.368. The van der Waals surface area contributed by atoms with Crippen LogP contribution in [0.1, 0.15) is 38.5 Å². The summed E-state index contributed by atoms with van der Waals surface area (Å²) < 4.78 is 5.82. The second kappa shape index (κ2) is 2.60. The summed E-state index contributed by atoms with van der Waals surface area (Å²) in [5, 5.41) is 0. The molecule has 0 aromatic rings. The van der Waals surface area contributed by atoms with E-state index in [1.165, 1.54) is 12.8 Å². The van der Waals surface area contributed by atoms with Gasteiger partial charge in [0.15, 0.2) is 5.78 Å². The van der Waals surface area contributed by atoms with Gasteiger partial charge in [-0.3, -0.25) is 4.79 Å². The Balaban J connectivity index is 1.98. The molecule has 0 aromatic heterocycles. The number of carbonyl (C=O) groups is 1. The lowest BCUT2D eigenvalue weighted by molar-refractivity contribution is -0.116. The highest BCUT2D eigenvalue weighted by Crippen LogP contribution is 2.45. The summed E-state index contributed by atoms with van der Waals surface area (Å²) in [4.78, 5) is 11.7. The second-order valence-corrected chi connectivity index (χ2v) is 4.31. The van der Waals surface area contributed by atoms with E-state index in [0.29, 0.717) is 17.8 Å². The zero-order valence-electron chi connectivity index (χ0n) is 7.71. The van der Waals surface area contributed by atoms with E-state index in [4.69, 9.17) is 4.74 Å². The molecule has 0 aromatic carbocycles. The fourth-order valence-electron chi connectivity index (χ4n) is 2.95. The van der Waals surface area contributed by atoms with Gasteiger partial charge in [0.05, 0.1) is 0 Å². The van der Waals surface area contributed by atoms with Crippen molar-refractivity contribution in [2.24, 2.45) is 5.92 Å². The van der Waals surface area contributed by atoms with Gasteiger partial charge in [0.2, 0.25) is 0 Å². The highest BCUT2D eigenvalue weighted by molar-refractivity contribution is 5.97. The number of ketones is 1. The molecule has 1 fully saturated rings. The highest BCUT2D eigenvalue weighted by atomic mass is 16.5. The number of fused-ring (bicyclic) bond motifs is 2. The van der Waals surface area contributed by atoms with Gasteiger partial charge in [-0.05, 0) is 25.7 Å². The molecule has 2 atom stereocenters. The molecule has 0 N–H and O–H groups in total. The lowest BCUT2D eigenvalue weighted by Gasteiger charge is -2.13. The first kappa shape index (κ1) is 7.60. The Kier molecular flexibility index (Phi) is 1.52. The van der Waals surface area contributed by atoms with E-state index in [2.05, 4.69) is 0 Å². The summed E-state index contributed by atoms with van der Waals surface area (Å²) in [6.45, 7) is 0. The standard InChI is InChI=1S/C11H14O2/c12-8-4-2-6-10-11(8)7-3-1-5-9(7)13-10/h7,9H,1-6H2/t7-,9+/m1/s1. The smallest absolute Gasteiger partial charge is 0.162 e. The summed E-state index contributed by atoms with van der Waals surface area (Å²) in [5.74, 6) is 1.89. The topological polar surface area (TPSA) is 26.3 Å². The SMILES string of the molecule is O=C1CCCC2=C1[C@@H]1CCC[C@@H]1O2. The molecule has 2 nitrogen and oxygen atoms in total. The fraction of sp³-hybridized carbons (Fsp3) is 0.727. The third kappa shape index (κ3) is 0.976. The summed E-state index contributed by atoms with van der Waals surface area (Å²) >= 11 is 0. The van der Waals surface area contributed by atoms with Crippen LogP contribution in [0.2, 0.25) is 0 Å². The maximum absolute atomic E-state index is 11.7. The molecule has 0 spiro atoms. The molecular weight excluding hydrogens is 164 g/mol. The van der Waals surface area contributed by atoms with Gasteiger partial charge < -0.3 is 4.74 Å². The van der Waals surface area contributed by atoms with Gasteiger partial charge in [-0.1, -0.05) is 0 Å². The van der Waals surface area contributed by atoms with Crippen LogP contribution in [0, 0.1) is 5.92 Å². The van der Waals surface area contributed by atoms with E-state index in [1.807, 2.05) is 0 Å². The molecule has 0 radical (unpaired) electrons. The molecule has 0 bridgehead atoms. The first-order valence-electron chi connectivity index (χ1n) is 5.29. The van der Waals surface area contributed by atoms with Crippen molar-refractivity contribution in [3.63, 3.8) is 0 Å². The molecule has 0 saturated heterocycles. The van der Waals surface area contributed by atoms with E-state index in [0.717, 1.165) is 37.0 Å². The van der Waals surface area contributed by atoms with E-state index >= 15 is 0 Å². The van der Waals surface area contributed by atoms with Crippen molar-refractivity contribution >= 4 is 5.78 Å². The van der Waals surface area contributed by atoms with Crippen molar-refractivity contribution in [3.05, 3.63) is 11.3 Å². The van der Waals surface area contributed by atoms with Crippen molar-refractivity contribution in [2.45, 2.75) is 44.6 Å². The zero-order valence-corrected chi connectivity index (χ0v) is 7.71. The van der Waals surface area contributed by atoms with E-state index < -0.39 is 0 Å². The normalized spacial score (nSPS) is 37.4. The molecule has 2 aliphatic carbocycles. The largest absolute Gasteiger partial charge is 0.494 e. The first-order valence-corrected chi connectivity index (χ1v) is 5.29. The van der Waals surface area contributed by atoms with Gasteiger partial charge in [0.25, 0.3) is 0 Å². The molecule has 2 heteroatoms. The van der Waals surface area contributed by atoms with Crippen molar-refractivity contribution in [1.82, 2.24) is 0 Å². The highest BCUT2D eigenvalue weighted by Gasteiger charge is 2.43. The summed E-state index contributed by atoms with van der Waals surface area (Å²) in [6, 6.07) is 0. The van der Waals surface area contributed by atoms with Crippen LogP contribution in [0.25, 0.3) is 0 Å². The van der Waals surface area contributed by atoms with Crippen LogP contribution in [0.15, 0.2) is 11.3 Å². The number of hydrogen-bond donors (Lipinski definition) is 0. The van der Waals surface area contributed by atoms with Crippen LogP contribution >= 0.6 is 0 Å². The Morgan fingerprint density at radius 1 is 1.15 bits per heavy atom. The Bertz CT molecular complexity index is 290. The third-order valence-corrected chi connectivity index (χ3v) is 3.53. The predicted molar refractivity (Wildman–Crippen MR) is 48.1 cm³/mol. The third-order valence-electron chi connectivity index (χ3n) is 3.53. The molecule has 1 saturated carbocycles.